The SMILES string of the molecule is C/C=C(/C1CCN(C(C)=O)CC1)C(F)(F)F. The summed E-state index contributed by atoms with van der Waals surface area (Å²) in [4.78, 5) is 12.6. The van der Waals surface area contributed by atoms with E-state index in [1.807, 2.05) is 0 Å². The van der Waals surface area contributed by atoms with Gasteiger partial charge < -0.3 is 4.90 Å². The molecule has 5 heteroatoms. The Morgan fingerprint density at radius 1 is 1.31 bits per heavy atom. The van der Waals surface area contributed by atoms with Crippen LogP contribution in [0.4, 0.5) is 13.2 Å². The van der Waals surface area contributed by atoms with Crippen LogP contribution in [0.3, 0.4) is 0 Å². The standard InChI is InChI=1S/C11H16F3NO/c1-3-10(11(12,13)14)9-4-6-15(7-5-9)8(2)16/h3,9H,4-7H2,1-2H3/b10-3-. The van der Waals surface area contributed by atoms with E-state index in [0.29, 0.717) is 25.9 Å². The first-order chi connectivity index (χ1) is 7.36. The van der Waals surface area contributed by atoms with Crippen LogP contribution in [-0.2, 0) is 4.79 Å². The first kappa shape index (κ1) is 13.1. The Hall–Kier alpha value is -1.00. The first-order valence-electron chi connectivity index (χ1n) is 5.35. The molecule has 0 aromatic heterocycles. The van der Waals surface area contributed by atoms with Gasteiger partial charge in [-0.05, 0) is 25.7 Å². The van der Waals surface area contributed by atoms with Gasteiger partial charge in [0, 0.05) is 25.6 Å². The molecule has 92 valence electrons. The van der Waals surface area contributed by atoms with E-state index in [0.717, 1.165) is 6.08 Å². The summed E-state index contributed by atoms with van der Waals surface area (Å²) in [5.41, 5.74) is -0.448. The molecule has 0 aromatic carbocycles. The lowest BCUT2D eigenvalue weighted by Crippen LogP contribution is -2.38. The number of hydrogen-bond donors (Lipinski definition) is 0. The van der Waals surface area contributed by atoms with E-state index in [4.69, 9.17) is 0 Å². The normalized spacial score (nSPS) is 20.1. The van der Waals surface area contributed by atoms with Crippen molar-refractivity contribution in [1.82, 2.24) is 4.90 Å². The highest BCUT2D eigenvalue weighted by molar-refractivity contribution is 5.73. The Morgan fingerprint density at radius 3 is 2.12 bits per heavy atom. The van der Waals surface area contributed by atoms with Crippen molar-refractivity contribution >= 4 is 5.91 Å². The summed E-state index contributed by atoms with van der Waals surface area (Å²) in [5.74, 6) is -0.520. The number of nitrogens with zero attached hydrogens (tertiary/aromatic N) is 1. The van der Waals surface area contributed by atoms with E-state index in [9.17, 15) is 18.0 Å². The molecule has 0 atom stereocenters. The van der Waals surface area contributed by atoms with Gasteiger partial charge in [0.25, 0.3) is 0 Å². The van der Waals surface area contributed by atoms with E-state index in [2.05, 4.69) is 0 Å². The lowest BCUT2D eigenvalue weighted by molar-refractivity contribution is -0.130. The zero-order chi connectivity index (χ0) is 12.3. The minimum Gasteiger partial charge on any atom is -0.343 e. The molecule has 0 unspecified atom stereocenters. The van der Waals surface area contributed by atoms with Gasteiger partial charge in [0.05, 0.1) is 0 Å². The van der Waals surface area contributed by atoms with Gasteiger partial charge in [0.15, 0.2) is 0 Å². The van der Waals surface area contributed by atoms with Gasteiger partial charge in [0.1, 0.15) is 0 Å². The van der Waals surface area contributed by atoms with E-state index in [-0.39, 0.29) is 5.91 Å². The van der Waals surface area contributed by atoms with E-state index >= 15 is 0 Å². The highest BCUT2D eigenvalue weighted by Gasteiger charge is 2.39. The number of rotatable bonds is 1. The number of alkyl halides is 3. The number of amides is 1. The van der Waals surface area contributed by atoms with Crippen molar-refractivity contribution in [2.24, 2.45) is 5.92 Å². The van der Waals surface area contributed by atoms with Crippen LogP contribution in [0.2, 0.25) is 0 Å². The molecule has 1 amide bonds. The lowest BCUT2D eigenvalue weighted by Gasteiger charge is -2.33. The number of carbonyl (C=O) groups excluding carboxylic acids is 1. The predicted octanol–water partition coefficient (Wildman–Crippen LogP) is 2.75. The van der Waals surface area contributed by atoms with Gasteiger partial charge in [-0.3, -0.25) is 4.79 Å². The third-order valence-corrected chi connectivity index (χ3v) is 3.02. The molecular weight excluding hydrogens is 219 g/mol. The second kappa shape index (κ2) is 4.89. The number of hydrogen-bond acceptors (Lipinski definition) is 1. The summed E-state index contributed by atoms with van der Waals surface area (Å²) in [5, 5.41) is 0. The highest BCUT2D eigenvalue weighted by Crippen LogP contribution is 2.36. The maximum Gasteiger partial charge on any atom is 0.412 e. The summed E-state index contributed by atoms with van der Waals surface area (Å²) in [7, 11) is 0. The Kier molecular flexibility index (Phi) is 3.99. The van der Waals surface area contributed by atoms with Crippen molar-refractivity contribution in [3.63, 3.8) is 0 Å². The molecule has 0 aromatic rings. The quantitative estimate of drug-likeness (QED) is 0.640. The number of allylic oxidation sites excluding steroid dienone is 2. The lowest BCUT2D eigenvalue weighted by atomic mass is 9.88. The third kappa shape index (κ3) is 3.00. The molecule has 16 heavy (non-hydrogen) atoms. The Bertz CT molecular complexity index is 288. The minimum atomic E-state index is -4.24. The molecule has 2 nitrogen and oxygen atoms in total. The number of carbonyl (C=O) groups is 1. The number of halogens is 3. The summed E-state index contributed by atoms with van der Waals surface area (Å²) in [6, 6.07) is 0. The number of piperidine rings is 1. The summed E-state index contributed by atoms with van der Waals surface area (Å²) in [6.07, 6.45) is -2.29. The second-order valence-electron chi connectivity index (χ2n) is 4.02. The molecule has 0 saturated carbocycles. The molecule has 0 N–H and O–H groups in total. The average Bonchev–Trinajstić information content (AvgIpc) is 2.17. The molecule has 0 bridgehead atoms. The fourth-order valence-electron chi connectivity index (χ4n) is 2.14. The Labute approximate surface area is 93.1 Å². The van der Waals surface area contributed by atoms with Crippen LogP contribution in [0.5, 0.6) is 0 Å². The van der Waals surface area contributed by atoms with Gasteiger partial charge in [-0.1, -0.05) is 6.08 Å². The molecule has 1 fully saturated rings. The second-order valence-corrected chi connectivity index (χ2v) is 4.02. The molecule has 1 saturated heterocycles. The van der Waals surface area contributed by atoms with Crippen molar-refractivity contribution in [3.05, 3.63) is 11.6 Å². The van der Waals surface area contributed by atoms with Gasteiger partial charge >= 0.3 is 6.18 Å². The van der Waals surface area contributed by atoms with Crippen molar-refractivity contribution in [1.29, 1.82) is 0 Å². The van der Waals surface area contributed by atoms with E-state index in [1.54, 1.807) is 4.90 Å². The van der Waals surface area contributed by atoms with Crippen LogP contribution in [-0.4, -0.2) is 30.1 Å². The molecule has 1 heterocycles. The fraction of sp³-hybridized carbons (Fsp3) is 0.727. The van der Waals surface area contributed by atoms with Gasteiger partial charge in [-0.25, -0.2) is 0 Å². The summed E-state index contributed by atoms with van der Waals surface area (Å²) >= 11 is 0. The minimum absolute atomic E-state index is 0.0625. The fourth-order valence-corrected chi connectivity index (χ4v) is 2.14. The zero-order valence-electron chi connectivity index (χ0n) is 9.47. The van der Waals surface area contributed by atoms with E-state index < -0.39 is 17.7 Å². The van der Waals surface area contributed by atoms with Crippen molar-refractivity contribution in [2.45, 2.75) is 32.9 Å². The monoisotopic (exact) mass is 235 g/mol. The van der Waals surface area contributed by atoms with Crippen LogP contribution in [0.25, 0.3) is 0 Å². The molecular formula is C11H16F3NO. The summed E-state index contributed by atoms with van der Waals surface area (Å²) < 4.78 is 37.8. The third-order valence-electron chi connectivity index (χ3n) is 3.02. The number of likely N-dealkylation sites (tertiary alicyclic amines) is 1. The van der Waals surface area contributed by atoms with E-state index in [1.165, 1.54) is 13.8 Å². The average molecular weight is 235 g/mol. The maximum absolute atomic E-state index is 12.6. The zero-order valence-corrected chi connectivity index (χ0v) is 9.47. The van der Waals surface area contributed by atoms with Crippen molar-refractivity contribution in [3.8, 4) is 0 Å². The molecule has 1 aliphatic heterocycles. The predicted molar refractivity (Wildman–Crippen MR) is 54.8 cm³/mol. The molecule has 0 radical (unpaired) electrons. The summed E-state index contributed by atoms with van der Waals surface area (Å²) in [6.45, 7) is 3.71. The largest absolute Gasteiger partial charge is 0.412 e. The van der Waals surface area contributed by atoms with Gasteiger partial charge in [0.2, 0.25) is 5.91 Å². The first-order valence-corrected chi connectivity index (χ1v) is 5.35. The van der Waals surface area contributed by atoms with Gasteiger partial charge in [-0.15, -0.1) is 0 Å². The van der Waals surface area contributed by atoms with Crippen LogP contribution in [0.1, 0.15) is 26.7 Å². The van der Waals surface area contributed by atoms with Crippen LogP contribution >= 0.6 is 0 Å². The van der Waals surface area contributed by atoms with Crippen molar-refractivity contribution in [2.75, 3.05) is 13.1 Å². The van der Waals surface area contributed by atoms with Crippen molar-refractivity contribution < 1.29 is 18.0 Å². The topological polar surface area (TPSA) is 20.3 Å². The molecule has 0 spiro atoms. The van der Waals surface area contributed by atoms with Gasteiger partial charge in [-0.2, -0.15) is 13.2 Å². The Balaban J connectivity index is 2.63. The van der Waals surface area contributed by atoms with Crippen LogP contribution in [0, 0.1) is 5.92 Å². The van der Waals surface area contributed by atoms with Crippen LogP contribution in [0.15, 0.2) is 11.6 Å². The molecule has 1 aliphatic rings. The highest BCUT2D eigenvalue weighted by atomic mass is 19.4. The molecule has 1 rings (SSSR count). The van der Waals surface area contributed by atoms with Crippen LogP contribution < -0.4 is 0 Å². The maximum atomic E-state index is 12.6. The smallest absolute Gasteiger partial charge is 0.343 e. The molecule has 0 aliphatic carbocycles. The Morgan fingerprint density at radius 2 is 1.81 bits per heavy atom.